The Morgan fingerprint density at radius 2 is 2.03 bits per heavy atom. The molecule has 0 fully saturated rings. The highest BCUT2D eigenvalue weighted by Gasteiger charge is 2.36. The Bertz CT molecular complexity index is 1400. The molecule has 182 valence electrons. The predicted molar refractivity (Wildman–Crippen MR) is 118 cm³/mol. The molecule has 0 atom stereocenters. The van der Waals surface area contributed by atoms with Crippen molar-refractivity contribution < 1.29 is 27.5 Å². The number of ether oxygens (including phenoxy) is 1. The number of amides is 2. The van der Waals surface area contributed by atoms with Crippen molar-refractivity contribution in [3.05, 3.63) is 59.3 Å². The lowest BCUT2D eigenvalue weighted by atomic mass is 10.2. The lowest BCUT2D eigenvalue weighted by Crippen LogP contribution is -2.29. The van der Waals surface area contributed by atoms with Gasteiger partial charge in [0, 0.05) is 18.1 Å². The molecule has 0 saturated carbocycles. The molecule has 0 saturated heterocycles. The lowest BCUT2D eigenvalue weighted by Gasteiger charge is -2.11. The number of benzene rings is 1. The van der Waals surface area contributed by atoms with Crippen molar-refractivity contribution in [3.8, 4) is 11.3 Å². The van der Waals surface area contributed by atoms with Crippen LogP contribution >= 0.6 is 11.6 Å². The fraction of sp³-hybridized carbons (Fsp3) is 0.150. The van der Waals surface area contributed by atoms with Gasteiger partial charge in [0.2, 0.25) is 0 Å². The number of aromatic nitrogens is 5. The molecule has 3 aromatic heterocycles. The summed E-state index contributed by atoms with van der Waals surface area (Å²) in [4.78, 5) is 31.2. The van der Waals surface area contributed by atoms with Gasteiger partial charge in [-0.25, -0.2) is 14.8 Å². The molecule has 0 aliphatic heterocycles. The van der Waals surface area contributed by atoms with Crippen LogP contribution in [-0.2, 0) is 10.9 Å². The Kier molecular flexibility index (Phi) is 6.46. The van der Waals surface area contributed by atoms with Crippen LogP contribution in [0, 0.1) is 0 Å². The Balaban J connectivity index is 1.55. The van der Waals surface area contributed by atoms with Gasteiger partial charge in [-0.3, -0.25) is 14.3 Å². The monoisotopic (exact) mass is 508 g/mol. The fourth-order valence-corrected chi connectivity index (χ4v) is 3.49. The summed E-state index contributed by atoms with van der Waals surface area (Å²) in [6.45, 7) is -0.0530. The normalized spacial score (nSPS) is 11.4. The highest BCUT2D eigenvalue weighted by Crippen LogP contribution is 2.36. The second kappa shape index (κ2) is 9.50. The highest BCUT2D eigenvalue weighted by atomic mass is 35.5. The van der Waals surface area contributed by atoms with Gasteiger partial charge in [-0.15, -0.1) is 0 Å². The maximum Gasteiger partial charge on any atom is 0.433 e. The second-order valence-electron chi connectivity index (χ2n) is 7.01. The van der Waals surface area contributed by atoms with E-state index in [1.807, 2.05) is 5.10 Å². The van der Waals surface area contributed by atoms with Crippen molar-refractivity contribution in [2.45, 2.75) is 6.18 Å². The van der Waals surface area contributed by atoms with Gasteiger partial charge < -0.3 is 21.1 Å². The van der Waals surface area contributed by atoms with E-state index in [0.29, 0.717) is 5.69 Å². The number of carbonyl (C=O) groups excluding carboxylic acids is 2. The molecule has 4 aromatic rings. The number of hydrogen-bond donors (Lipinski definition) is 4. The Hall–Kier alpha value is -4.33. The Morgan fingerprint density at radius 3 is 2.74 bits per heavy atom. The molecule has 3 heterocycles. The molecule has 4 rings (SSSR count). The third-order valence-electron chi connectivity index (χ3n) is 4.74. The number of fused-ring (bicyclic) bond motifs is 1. The minimum Gasteiger partial charge on any atom is -0.448 e. The molecule has 15 heteroatoms. The van der Waals surface area contributed by atoms with Crippen LogP contribution in [0.15, 0.2) is 43.0 Å². The molecule has 5 N–H and O–H groups in total. The van der Waals surface area contributed by atoms with Gasteiger partial charge in [0.15, 0.2) is 11.5 Å². The molecule has 2 amide bonds. The first kappa shape index (κ1) is 23.8. The summed E-state index contributed by atoms with van der Waals surface area (Å²) in [6.07, 6.45) is -0.354. The summed E-state index contributed by atoms with van der Waals surface area (Å²) in [5.41, 5.74) is 4.73. The molecule has 0 unspecified atom stereocenters. The van der Waals surface area contributed by atoms with Crippen LogP contribution in [0.25, 0.3) is 16.9 Å². The SMILES string of the molecule is NC(=O)OCCNC(=O)c1ccc(Nc2nccn3c(-c4cn[nH]c4C(F)(F)F)cnc23)cc1Cl. The van der Waals surface area contributed by atoms with Gasteiger partial charge in [0.1, 0.15) is 12.3 Å². The summed E-state index contributed by atoms with van der Waals surface area (Å²) >= 11 is 6.24. The van der Waals surface area contributed by atoms with Crippen molar-refractivity contribution in [1.82, 2.24) is 29.9 Å². The Labute approximate surface area is 199 Å². The average Bonchev–Trinajstić information content (AvgIpc) is 3.44. The van der Waals surface area contributed by atoms with Crippen molar-refractivity contribution in [2.75, 3.05) is 18.5 Å². The summed E-state index contributed by atoms with van der Waals surface area (Å²) in [5.74, 6) is -0.249. The smallest absolute Gasteiger partial charge is 0.433 e. The molecule has 35 heavy (non-hydrogen) atoms. The van der Waals surface area contributed by atoms with Gasteiger partial charge >= 0.3 is 12.3 Å². The van der Waals surface area contributed by atoms with Crippen LogP contribution in [0.4, 0.5) is 29.5 Å². The zero-order chi connectivity index (χ0) is 25.2. The zero-order valence-corrected chi connectivity index (χ0v) is 18.3. The number of rotatable bonds is 7. The fourth-order valence-electron chi connectivity index (χ4n) is 3.23. The predicted octanol–water partition coefficient (Wildman–Crippen LogP) is 3.36. The summed E-state index contributed by atoms with van der Waals surface area (Å²) in [7, 11) is 0. The number of halogens is 4. The maximum atomic E-state index is 13.3. The summed E-state index contributed by atoms with van der Waals surface area (Å²) < 4.78 is 45.9. The van der Waals surface area contributed by atoms with Gasteiger partial charge in [-0.05, 0) is 18.2 Å². The first-order valence-corrected chi connectivity index (χ1v) is 10.2. The van der Waals surface area contributed by atoms with Crippen LogP contribution in [-0.4, -0.2) is 49.7 Å². The number of aromatic amines is 1. The number of H-pyrrole nitrogens is 1. The summed E-state index contributed by atoms with van der Waals surface area (Å²) in [5, 5.41) is 11.1. The minimum absolute atomic E-state index is 0.0406. The van der Waals surface area contributed by atoms with E-state index < -0.39 is 23.9 Å². The number of alkyl halides is 3. The number of imidazole rings is 1. The lowest BCUT2D eigenvalue weighted by molar-refractivity contribution is -0.140. The maximum absolute atomic E-state index is 13.3. The van der Waals surface area contributed by atoms with E-state index in [4.69, 9.17) is 17.3 Å². The number of nitrogens with one attached hydrogen (secondary N) is 3. The van der Waals surface area contributed by atoms with Gasteiger partial charge in [0.05, 0.1) is 40.8 Å². The van der Waals surface area contributed by atoms with Crippen molar-refractivity contribution in [3.63, 3.8) is 0 Å². The standard InChI is InChI=1S/C20H16ClF3N8O3/c21-13-7-10(1-2-11(13)18(33)27-4-6-35-19(25)34)30-16-17-28-9-14(32(17)5-3-26-16)12-8-29-31-15(12)20(22,23)24/h1-3,5,7-9H,4,6H2,(H2,25,34)(H,26,30)(H,27,33)(H,29,31). The number of anilines is 2. The van der Waals surface area contributed by atoms with E-state index in [1.54, 1.807) is 6.07 Å². The first-order chi connectivity index (χ1) is 16.6. The quantitative estimate of drug-likeness (QED) is 0.279. The molecule has 0 radical (unpaired) electrons. The molecule has 1 aromatic carbocycles. The largest absolute Gasteiger partial charge is 0.448 e. The minimum atomic E-state index is -4.62. The number of primary amides is 1. The van der Waals surface area contributed by atoms with Crippen LogP contribution < -0.4 is 16.4 Å². The van der Waals surface area contributed by atoms with Crippen LogP contribution in [0.1, 0.15) is 16.1 Å². The molecule has 0 aliphatic carbocycles. The van der Waals surface area contributed by atoms with Crippen LogP contribution in [0.2, 0.25) is 5.02 Å². The molecular formula is C20H16ClF3N8O3. The van der Waals surface area contributed by atoms with Crippen molar-refractivity contribution in [2.24, 2.45) is 5.73 Å². The van der Waals surface area contributed by atoms with E-state index in [1.165, 1.54) is 35.1 Å². The Morgan fingerprint density at radius 1 is 1.23 bits per heavy atom. The van der Waals surface area contributed by atoms with Gasteiger partial charge in [-0.1, -0.05) is 11.6 Å². The number of nitrogens with zero attached hydrogens (tertiary/aromatic N) is 4. The molecule has 11 nitrogen and oxygen atoms in total. The second-order valence-corrected chi connectivity index (χ2v) is 7.42. The number of carbonyl (C=O) groups is 2. The third-order valence-corrected chi connectivity index (χ3v) is 5.05. The first-order valence-electron chi connectivity index (χ1n) is 9.85. The average molecular weight is 509 g/mol. The third kappa shape index (κ3) is 5.11. The topological polar surface area (TPSA) is 152 Å². The summed E-state index contributed by atoms with van der Waals surface area (Å²) in [6, 6.07) is 4.50. The van der Waals surface area contributed by atoms with Crippen LogP contribution in [0.5, 0.6) is 0 Å². The number of hydrogen-bond acceptors (Lipinski definition) is 7. The zero-order valence-electron chi connectivity index (χ0n) is 17.6. The van der Waals surface area contributed by atoms with E-state index in [2.05, 4.69) is 30.4 Å². The number of nitrogens with two attached hydrogens (primary N) is 1. The van der Waals surface area contributed by atoms with E-state index in [-0.39, 0.29) is 46.5 Å². The van der Waals surface area contributed by atoms with E-state index in [9.17, 15) is 22.8 Å². The van der Waals surface area contributed by atoms with E-state index in [0.717, 1.165) is 6.20 Å². The molecular weight excluding hydrogens is 493 g/mol. The molecule has 0 spiro atoms. The van der Waals surface area contributed by atoms with E-state index >= 15 is 0 Å². The highest BCUT2D eigenvalue weighted by molar-refractivity contribution is 6.34. The van der Waals surface area contributed by atoms with Crippen molar-refractivity contribution in [1.29, 1.82) is 0 Å². The molecule has 0 aliphatic rings. The van der Waals surface area contributed by atoms with Gasteiger partial charge in [0.25, 0.3) is 5.91 Å². The molecule has 0 bridgehead atoms. The van der Waals surface area contributed by atoms with Crippen molar-refractivity contribution >= 4 is 40.8 Å². The van der Waals surface area contributed by atoms with Gasteiger partial charge in [-0.2, -0.15) is 18.3 Å². The van der Waals surface area contributed by atoms with Crippen LogP contribution in [0.3, 0.4) is 0 Å².